The van der Waals surface area contributed by atoms with E-state index in [1.54, 1.807) is 12.1 Å². The zero-order valence-corrected chi connectivity index (χ0v) is 20.2. The lowest BCUT2D eigenvalue weighted by atomic mass is 9.94. The molecule has 10 heteroatoms. The molecule has 0 aliphatic rings. The van der Waals surface area contributed by atoms with Crippen LogP contribution in [0.15, 0.2) is 41.2 Å². The Morgan fingerprint density at radius 3 is 2.58 bits per heavy atom. The van der Waals surface area contributed by atoms with E-state index in [4.69, 9.17) is 20.3 Å². The van der Waals surface area contributed by atoms with Crippen LogP contribution in [0.1, 0.15) is 38.2 Å². The predicted molar refractivity (Wildman–Crippen MR) is 131 cm³/mol. The average molecular weight is 496 g/mol. The van der Waals surface area contributed by atoms with Crippen LogP contribution in [0.25, 0.3) is 20.2 Å². The molecule has 3 aromatic rings. The molecule has 0 fully saturated rings. The molecule has 0 radical (unpaired) electrons. The first-order valence-electron chi connectivity index (χ1n) is 10.9. The second-order valence-corrected chi connectivity index (χ2v) is 10.6. The summed E-state index contributed by atoms with van der Waals surface area (Å²) in [5.74, 6) is 0.694. The predicted octanol–water partition coefficient (Wildman–Crippen LogP) is 3.72. The van der Waals surface area contributed by atoms with Crippen molar-refractivity contribution in [3.8, 4) is 5.75 Å². The lowest BCUT2D eigenvalue weighted by Crippen LogP contribution is -2.48. The van der Waals surface area contributed by atoms with E-state index in [1.807, 2.05) is 24.3 Å². The highest BCUT2D eigenvalue weighted by Crippen LogP contribution is 2.37. The van der Waals surface area contributed by atoms with E-state index in [0.29, 0.717) is 29.5 Å². The molecule has 8 nitrogen and oxygen atoms in total. The molecule has 1 unspecified atom stereocenters. The molecule has 33 heavy (non-hydrogen) atoms. The summed E-state index contributed by atoms with van der Waals surface area (Å²) < 4.78 is 22.9. The number of benzene rings is 2. The van der Waals surface area contributed by atoms with Gasteiger partial charge in [0.05, 0.1) is 25.4 Å². The minimum Gasteiger partial charge on any atom is -0.494 e. The van der Waals surface area contributed by atoms with E-state index in [9.17, 15) is 14.5 Å². The molecule has 0 saturated heterocycles. The SMILES string of the molecule is CCCCCOc1ccc2sc3cc(CCC(N)(CO)COP(=O)(O)O)ccc3c(=O)c2c1. The van der Waals surface area contributed by atoms with Crippen molar-refractivity contribution in [1.29, 1.82) is 0 Å². The summed E-state index contributed by atoms with van der Waals surface area (Å²) in [5.41, 5.74) is 5.60. The number of ether oxygens (including phenoxy) is 1. The molecular weight excluding hydrogens is 465 g/mol. The molecule has 1 heterocycles. The molecule has 0 spiro atoms. The first kappa shape index (κ1) is 25.8. The van der Waals surface area contributed by atoms with Crippen molar-refractivity contribution in [3.63, 3.8) is 0 Å². The zero-order valence-electron chi connectivity index (χ0n) is 18.5. The Labute approximate surface area is 196 Å². The van der Waals surface area contributed by atoms with Gasteiger partial charge in [0.2, 0.25) is 0 Å². The highest BCUT2D eigenvalue weighted by Gasteiger charge is 2.28. The molecular formula is C23H30NO7PS. The summed E-state index contributed by atoms with van der Waals surface area (Å²) in [6, 6.07) is 11.1. The summed E-state index contributed by atoms with van der Waals surface area (Å²) in [7, 11) is -4.68. The molecule has 0 saturated carbocycles. The average Bonchev–Trinajstić information content (AvgIpc) is 2.79. The van der Waals surface area contributed by atoms with Crippen molar-refractivity contribution in [1.82, 2.24) is 0 Å². The lowest BCUT2D eigenvalue weighted by molar-refractivity contribution is 0.102. The Bertz CT molecular complexity index is 1210. The molecule has 1 atom stereocenters. The van der Waals surface area contributed by atoms with Crippen molar-refractivity contribution >= 4 is 39.3 Å². The number of phosphoric ester groups is 1. The fourth-order valence-corrected chi connectivity index (χ4v) is 5.01. The van der Waals surface area contributed by atoms with Gasteiger partial charge in [-0.3, -0.25) is 9.32 Å². The lowest BCUT2D eigenvalue weighted by Gasteiger charge is -2.27. The van der Waals surface area contributed by atoms with Crippen LogP contribution in [0.5, 0.6) is 5.75 Å². The molecule has 0 amide bonds. The largest absolute Gasteiger partial charge is 0.494 e. The summed E-state index contributed by atoms with van der Waals surface area (Å²) >= 11 is 1.51. The van der Waals surface area contributed by atoms with Crippen molar-refractivity contribution in [2.24, 2.45) is 5.73 Å². The van der Waals surface area contributed by atoms with E-state index < -0.39 is 26.6 Å². The first-order chi connectivity index (χ1) is 15.6. The third-order valence-electron chi connectivity index (χ3n) is 5.47. The molecule has 2 aromatic carbocycles. The van der Waals surface area contributed by atoms with Gasteiger partial charge in [-0.2, -0.15) is 0 Å². The van der Waals surface area contributed by atoms with Gasteiger partial charge in [-0.1, -0.05) is 25.8 Å². The number of phosphoric acid groups is 1. The van der Waals surface area contributed by atoms with E-state index >= 15 is 0 Å². The van der Waals surface area contributed by atoms with E-state index in [1.165, 1.54) is 11.3 Å². The Hall–Kier alpha value is -1.84. The topological polar surface area (TPSA) is 139 Å². The summed E-state index contributed by atoms with van der Waals surface area (Å²) in [5, 5.41) is 10.8. The van der Waals surface area contributed by atoms with Gasteiger partial charge in [-0.05, 0) is 55.2 Å². The third kappa shape index (κ3) is 7.07. The van der Waals surface area contributed by atoms with Gasteiger partial charge in [0.1, 0.15) is 5.75 Å². The molecule has 5 N–H and O–H groups in total. The molecule has 3 rings (SSSR count). The normalized spacial score (nSPS) is 14.0. The van der Waals surface area contributed by atoms with E-state index in [0.717, 1.165) is 34.2 Å². The van der Waals surface area contributed by atoms with Gasteiger partial charge in [0.15, 0.2) is 5.43 Å². The number of hydrogen-bond acceptors (Lipinski definition) is 7. The zero-order chi connectivity index (χ0) is 24.1. The van der Waals surface area contributed by atoms with Gasteiger partial charge < -0.3 is 25.4 Å². The smallest absolute Gasteiger partial charge is 0.469 e. The molecule has 0 aliphatic carbocycles. The number of aliphatic hydroxyl groups is 1. The fourth-order valence-electron chi connectivity index (χ4n) is 3.47. The van der Waals surface area contributed by atoms with Crippen molar-refractivity contribution in [2.45, 2.75) is 44.6 Å². The minimum atomic E-state index is -4.68. The quantitative estimate of drug-likeness (QED) is 0.169. The number of nitrogens with two attached hydrogens (primary N) is 1. The Morgan fingerprint density at radius 1 is 1.09 bits per heavy atom. The van der Waals surface area contributed by atoms with Crippen LogP contribution >= 0.6 is 19.2 Å². The summed E-state index contributed by atoms with van der Waals surface area (Å²) in [6.07, 6.45) is 3.90. The maximum Gasteiger partial charge on any atom is 0.469 e. The summed E-state index contributed by atoms with van der Waals surface area (Å²) in [4.78, 5) is 30.9. The Balaban J connectivity index is 1.79. The third-order valence-corrected chi connectivity index (χ3v) is 7.07. The second kappa shape index (κ2) is 11.1. The van der Waals surface area contributed by atoms with Crippen LogP contribution in [0, 0.1) is 0 Å². The first-order valence-corrected chi connectivity index (χ1v) is 13.2. The maximum absolute atomic E-state index is 13.1. The number of aliphatic hydroxyl groups excluding tert-OH is 1. The highest BCUT2D eigenvalue weighted by molar-refractivity contribution is 7.46. The number of rotatable bonds is 12. The molecule has 0 bridgehead atoms. The number of unbranched alkanes of at least 4 members (excludes halogenated alkanes) is 2. The molecule has 0 aliphatic heterocycles. The Morgan fingerprint density at radius 2 is 1.88 bits per heavy atom. The van der Waals surface area contributed by atoms with Crippen LogP contribution in [-0.4, -0.2) is 40.3 Å². The van der Waals surface area contributed by atoms with Gasteiger partial charge in [0, 0.05) is 20.2 Å². The number of hydrogen-bond donors (Lipinski definition) is 4. The summed E-state index contributed by atoms with van der Waals surface area (Å²) in [6.45, 7) is 1.81. The van der Waals surface area contributed by atoms with Crippen LogP contribution < -0.4 is 15.9 Å². The van der Waals surface area contributed by atoms with Gasteiger partial charge in [-0.15, -0.1) is 11.3 Å². The second-order valence-electron chi connectivity index (χ2n) is 8.26. The Kier molecular flexibility index (Phi) is 8.64. The van der Waals surface area contributed by atoms with Crippen LogP contribution in [0.2, 0.25) is 0 Å². The highest BCUT2D eigenvalue weighted by atomic mass is 32.1. The number of aryl methyl sites for hydroxylation is 1. The van der Waals surface area contributed by atoms with Crippen molar-refractivity contribution in [2.75, 3.05) is 19.8 Å². The maximum atomic E-state index is 13.1. The van der Waals surface area contributed by atoms with E-state index in [-0.39, 0.29) is 11.8 Å². The standard InChI is InChI=1S/C23H30NO7PS/c1-2-3-4-11-30-17-6-8-20-19(13-17)22(26)18-7-5-16(12-21(18)33-20)9-10-23(24,14-25)15-31-32(27,28)29/h5-8,12-13,25H,2-4,9-11,14-15,24H2,1H3,(H2,27,28,29). The monoisotopic (exact) mass is 495 g/mol. The van der Waals surface area contributed by atoms with Gasteiger partial charge in [0.25, 0.3) is 0 Å². The number of fused-ring (bicyclic) bond motifs is 2. The fraction of sp³-hybridized carbons (Fsp3) is 0.435. The van der Waals surface area contributed by atoms with Crippen LogP contribution in [-0.2, 0) is 15.5 Å². The van der Waals surface area contributed by atoms with Gasteiger partial charge in [-0.25, -0.2) is 4.57 Å². The van der Waals surface area contributed by atoms with Gasteiger partial charge >= 0.3 is 7.82 Å². The van der Waals surface area contributed by atoms with Crippen molar-refractivity contribution in [3.05, 3.63) is 52.2 Å². The molecule has 180 valence electrons. The minimum absolute atomic E-state index is 0.0529. The van der Waals surface area contributed by atoms with Crippen LogP contribution in [0.3, 0.4) is 0 Å². The van der Waals surface area contributed by atoms with E-state index in [2.05, 4.69) is 11.4 Å². The van der Waals surface area contributed by atoms with Crippen LogP contribution in [0.4, 0.5) is 0 Å². The molecule has 1 aromatic heterocycles. The van der Waals surface area contributed by atoms with Crippen molar-refractivity contribution < 1.29 is 28.7 Å².